The number of nitrogens with two attached hydrogens (primary N) is 1. The molecule has 102 valence electrons. The van der Waals surface area contributed by atoms with Crippen LogP contribution in [0.3, 0.4) is 0 Å². The lowest BCUT2D eigenvalue weighted by molar-refractivity contribution is 0.102. The molecular weight excluding hydrogens is 276 g/mol. The monoisotopic (exact) mass is 288 g/mol. The zero-order valence-electron chi connectivity index (χ0n) is 10.5. The third-order valence-corrected chi connectivity index (χ3v) is 2.79. The van der Waals surface area contributed by atoms with Gasteiger partial charge in [0.05, 0.1) is 11.0 Å². The molecule has 20 heavy (non-hydrogen) atoms. The Morgan fingerprint density at radius 1 is 1.15 bits per heavy atom. The summed E-state index contributed by atoms with van der Waals surface area (Å²) in [5, 5.41) is 2.83. The summed E-state index contributed by atoms with van der Waals surface area (Å²) < 4.78 is 0. The Labute approximate surface area is 121 Å². The molecule has 0 radical (unpaired) electrons. The number of nitrogen functional groups attached to an aromatic ring is 1. The molecule has 0 saturated heterocycles. The zero-order chi connectivity index (χ0) is 13.2. The first kappa shape index (κ1) is 13.9. The van der Waals surface area contributed by atoms with Crippen molar-refractivity contribution in [2.24, 2.45) is 0 Å². The topological polar surface area (TPSA) is 83.8 Å². The van der Waals surface area contributed by atoms with Gasteiger partial charge in [0.1, 0.15) is 0 Å². The summed E-state index contributed by atoms with van der Waals surface area (Å²) in [5.74, 6) is 0.217. The molecule has 1 aromatic heterocycles. The Kier molecular flexibility index (Phi) is 3.91. The van der Waals surface area contributed by atoms with Crippen molar-refractivity contribution in [2.45, 2.75) is 0 Å². The van der Waals surface area contributed by atoms with Crippen LogP contribution < -0.4 is 11.1 Å². The Bertz CT molecular complexity index is 739. The summed E-state index contributed by atoms with van der Waals surface area (Å²) in [4.78, 5) is 19.0. The predicted octanol–water partition coefficient (Wildman–Crippen LogP) is 2.82. The van der Waals surface area contributed by atoms with Crippen LogP contribution in [0.2, 0.25) is 0 Å². The minimum atomic E-state index is -0.146. The van der Waals surface area contributed by atoms with Gasteiger partial charge >= 0.3 is 0 Å². The van der Waals surface area contributed by atoms with E-state index >= 15 is 0 Å². The van der Waals surface area contributed by atoms with E-state index in [1.165, 1.54) is 0 Å². The van der Waals surface area contributed by atoms with Gasteiger partial charge in [0.25, 0.3) is 5.91 Å². The summed E-state index contributed by atoms with van der Waals surface area (Å²) in [7, 11) is 0. The summed E-state index contributed by atoms with van der Waals surface area (Å²) in [6, 6.07) is 14.5. The number of nitrogens with zero attached hydrogens (tertiary/aromatic N) is 1. The van der Waals surface area contributed by atoms with E-state index in [1.807, 2.05) is 24.3 Å². The molecule has 1 heterocycles. The third-order valence-electron chi connectivity index (χ3n) is 2.79. The molecule has 6 heteroatoms. The van der Waals surface area contributed by atoms with E-state index in [9.17, 15) is 4.79 Å². The molecule has 0 unspecified atom stereocenters. The second kappa shape index (κ2) is 5.63. The molecule has 0 aliphatic carbocycles. The highest BCUT2D eigenvalue weighted by Gasteiger charge is 2.06. The summed E-state index contributed by atoms with van der Waals surface area (Å²) in [6.45, 7) is 0. The fourth-order valence-electron chi connectivity index (χ4n) is 1.90. The first-order chi connectivity index (χ1) is 9.22. The maximum atomic E-state index is 12.0. The summed E-state index contributed by atoms with van der Waals surface area (Å²) >= 11 is 0. The maximum Gasteiger partial charge on any atom is 0.255 e. The van der Waals surface area contributed by atoms with Gasteiger partial charge in [0, 0.05) is 11.3 Å². The Hall–Kier alpha value is -2.53. The molecule has 0 atom stereocenters. The number of rotatable bonds is 2. The first-order valence-electron chi connectivity index (χ1n) is 5.84. The first-order valence-corrected chi connectivity index (χ1v) is 5.84. The highest BCUT2D eigenvalue weighted by molar-refractivity contribution is 6.04. The van der Waals surface area contributed by atoms with E-state index in [-0.39, 0.29) is 18.3 Å². The lowest BCUT2D eigenvalue weighted by atomic mass is 10.2. The van der Waals surface area contributed by atoms with Crippen LogP contribution in [0.15, 0.2) is 48.5 Å². The third kappa shape index (κ3) is 2.73. The number of aromatic nitrogens is 2. The van der Waals surface area contributed by atoms with Crippen molar-refractivity contribution >= 4 is 41.0 Å². The van der Waals surface area contributed by atoms with Crippen LogP contribution in [0.5, 0.6) is 0 Å². The van der Waals surface area contributed by atoms with Crippen molar-refractivity contribution in [1.82, 2.24) is 9.97 Å². The Morgan fingerprint density at radius 2 is 1.90 bits per heavy atom. The number of H-pyrrole nitrogens is 1. The van der Waals surface area contributed by atoms with Crippen molar-refractivity contribution in [3.8, 4) is 0 Å². The number of carbonyl (C=O) groups excluding carboxylic acids is 1. The van der Waals surface area contributed by atoms with Gasteiger partial charge in [0.2, 0.25) is 0 Å². The predicted molar refractivity (Wildman–Crippen MR) is 82.1 cm³/mol. The zero-order valence-corrected chi connectivity index (χ0v) is 11.3. The average molecular weight is 289 g/mol. The van der Waals surface area contributed by atoms with Crippen molar-refractivity contribution < 1.29 is 4.79 Å². The van der Waals surface area contributed by atoms with Crippen LogP contribution in [0.4, 0.5) is 11.6 Å². The molecule has 1 amide bonds. The number of amides is 1. The maximum absolute atomic E-state index is 12.0. The largest absolute Gasteiger partial charge is 0.369 e. The fraction of sp³-hybridized carbons (Fsp3) is 0. The molecule has 0 bridgehead atoms. The minimum Gasteiger partial charge on any atom is -0.369 e. The molecule has 5 nitrogen and oxygen atoms in total. The molecule has 0 fully saturated rings. The smallest absolute Gasteiger partial charge is 0.255 e. The molecule has 3 aromatic rings. The Balaban J connectivity index is 0.00000147. The van der Waals surface area contributed by atoms with E-state index < -0.39 is 0 Å². The van der Waals surface area contributed by atoms with Gasteiger partial charge in [-0.15, -0.1) is 12.4 Å². The fourth-order valence-corrected chi connectivity index (χ4v) is 1.90. The van der Waals surface area contributed by atoms with E-state index in [1.54, 1.807) is 24.3 Å². The SMILES string of the molecule is Cl.Nc1nc2ccc(NC(=O)c3ccccc3)cc2[nH]1. The summed E-state index contributed by atoms with van der Waals surface area (Å²) in [6.07, 6.45) is 0. The average Bonchev–Trinajstić information content (AvgIpc) is 2.79. The van der Waals surface area contributed by atoms with E-state index in [0.717, 1.165) is 11.0 Å². The number of benzene rings is 2. The van der Waals surface area contributed by atoms with Gasteiger partial charge in [-0.3, -0.25) is 4.79 Å². The highest BCUT2D eigenvalue weighted by Crippen LogP contribution is 2.18. The van der Waals surface area contributed by atoms with Crippen LogP contribution in [0.25, 0.3) is 11.0 Å². The number of aromatic amines is 1. The number of hydrogen-bond donors (Lipinski definition) is 3. The van der Waals surface area contributed by atoms with Gasteiger partial charge in [-0.1, -0.05) is 18.2 Å². The molecule has 0 aliphatic heterocycles. The lowest BCUT2D eigenvalue weighted by Crippen LogP contribution is -2.11. The van der Waals surface area contributed by atoms with Gasteiger partial charge in [-0.25, -0.2) is 4.98 Å². The highest BCUT2D eigenvalue weighted by atomic mass is 35.5. The van der Waals surface area contributed by atoms with Gasteiger partial charge in [0.15, 0.2) is 5.95 Å². The van der Waals surface area contributed by atoms with Crippen LogP contribution >= 0.6 is 12.4 Å². The minimum absolute atomic E-state index is 0. The lowest BCUT2D eigenvalue weighted by Gasteiger charge is -2.04. The molecule has 3 rings (SSSR count). The quantitative estimate of drug-likeness (QED) is 0.678. The second-order valence-corrected chi connectivity index (χ2v) is 4.17. The van der Waals surface area contributed by atoms with Gasteiger partial charge in [-0.05, 0) is 30.3 Å². The van der Waals surface area contributed by atoms with Crippen molar-refractivity contribution in [2.75, 3.05) is 11.1 Å². The Morgan fingerprint density at radius 3 is 2.65 bits per heavy atom. The van der Waals surface area contributed by atoms with E-state index in [2.05, 4.69) is 15.3 Å². The van der Waals surface area contributed by atoms with Crippen LogP contribution in [0, 0.1) is 0 Å². The van der Waals surface area contributed by atoms with Crippen LogP contribution in [-0.4, -0.2) is 15.9 Å². The molecule has 2 aromatic carbocycles. The number of carbonyl (C=O) groups is 1. The molecule has 0 saturated carbocycles. The number of anilines is 2. The number of hydrogen-bond acceptors (Lipinski definition) is 3. The second-order valence-electron chi connectivity index (χ2n) is 4.17. The number of fused-ring (bicyclic) bond motifs is 1. The summed E-state index contributed by atoms with van der Waals surface area (Å²) in [5.41, 5.74) is 8.46. The van der Waals surface area contributed by atoms with Crippen LogP contribution in [0.1, 0.15) is 10.4 Å². The van der Waals surface area contributed by atoms with Gasteiger partial charge < -0.3 is 16.0 Å². The molecule has 4 N–H and O–H groups in total. The van der Waals surface area contributed by atoms with Gasteiger partial charge in [-0.2, -0.15) is 0 Å². The molecular formula is C14H13ClN4O. The van der Waals surface area contributed by atoms with E-state index in [0.29, 0.717) is 17.2 Å². The van der Waals surface area contributed by atoms with Crippen molar-refractivity contribution in [1.29, 1.82) is 0 Å². The van der Waals surface area contributed by atoms with Crippen molar-refractivity contribution in [3.05, 3.63) is 54.1 Å². The van der Waals surface area contributed by atoms with E-state index in [4.69, 9.17) is 5.73 Å². The number of imidazole rings is 1. The molecule has 0 aliphatic rings. The molecule has 0 spiro atoms. The van der Waals surface area contributed by atoms with Crippen molar-refractivity contribution in [3.63, 3.8) is 0 Å². The number of nitrogens with one attached hydrogen (secondary N) is 2. The van der Waals surface area contributed by atoms with Crippen LogP contribution in [-0.2, 0) is 0 Å². The standard InChI is InChI=1S/C14H12N4O.ClH/c15-14-17-11-7-6-10(8-12(11)18-14)16-13(19)9-4-2-1-3-5-9;/h1-8H,(H,16,19)(H3,15,17,18);1H. The number of halogens is 1. The normalized spacial score (nSPS) is 10.0.